The van der Waals surface area contributed by atoms with Crippen LogP contribution in [0.3, 0.4) is 0 Å². The second kappa shape index (κ2) is 6.74. The van der Waals surface area contributed by atoms with Crippen LogP contribution in [0.2, 0.25) is 0 Å². The van der Waals surface area contributed by atoms with Crippen molar-refractivity contribution in [3.63, 3.8) is 0 Å². The average molecular weight is 349 g/mol. The van der Waals surface area contributed by atoms with E-state index in [1.807, 2.05) is 25.1 Å². The van der Waals surface area contributed by atoms with Crippen LogP contribution in [0.25, 0.3) is 0 Å². The number of hydrogen-bond acceptors (Lipinski definition) is 3. The van der Waals surface area contributed by atoms with Crippen LogP contribution < -0.4 is 11.1 Å². The molecule has 2 rings (SSSR count). The summed E-state index contributed by atoms with van der Waals surface area (Å²) in [6.45, 7) is 2.29. The summed E-state index contributed by atoms with van der Waals surface area (Å²) in [5.74, 6) is -0.173. The first kappa shape index (κ1) is 15.5. The second-order valence-corrected chi connectivity index (χ2v) is 5.58. The lowest BCUT2D eigenvalue weighted by atomic mass is 10.1. The Balaban J connectivity index is 2.27. The van der Waals surface area contributed by atoms with Gasteiger partial charge in [-0.25, -0.2) is 0 Å². The first-order valence-corrected chi connectivity index (χ1v) is 7.26. The molecule has 0 aromatic heterocycles. The molecule has 110 valence electrons. The number of carbonyl (C=O) groups is 1. The van der Waals surface area contributed by atoms with Crippen LogP contribution in [0.15, 0.2) is 40.9 Å². The highest BCUT2D eigenvalue weighted by Gasteiger charge is 2.12. The number of rotatable bonds is 4. The van der Waals surface area contributed by atoms with Crippen LogP contribution in [-0.4, -0.2) is 13.0 Å². The van der Waals surface area contributed by atoms with Crippen LogP contribution in [-0.2, 0) is 11.3 Å². The predicted octanol–water partition coefficient (Wildman–Crippen LogP) is 3.74. The molecule has 2 aromatic carbocycles. The van der Waals surface area contributed by atoms with Gasteiger partial charge in [-0.15, -0.1) is 0 Å². The Kier molecular flexibility index (Phi) is 4.98. The van der Waals surface area contributed by atoms with Gasteiger partial charge < -0.3 is 15.8 Å². The number of methoxy groups -OCH3 is 1. The van der Waals surface area contributed by atoms with E-state index in [1.165, 1.54) is 0 Å². The monoisotopic (exact) mass is 348 g/mol. The van der Waals surface area contributed by atoms with Gasteiger partial charge in [-0.1, -0.05) is 22.0 Å². The number of hydrogen-bond donors (Lipinski definition) is 2. The minimum absolute atomic E-state index is 0.173. The van der Waals surface area contributed by atoms with Crippen molar-refractivity contribution in [2.24, 2.45) is 0 Å². The molecule has 5 heteroatoms. The molecule has 0 atom stereocenters. The summed E-state index contributed by atoms with van der Waals surface area (Å²) in [4.78, 5) is 12.3. The van der Waals surface area contributed by atoms with Gasteiger partial charge in [0.2, 0.25) is 0 Å². The highest BCUT2D eigenvalue weighted by molar-refractivity contribution is 9.10. The van der Waals surface area contributed by atoms with E-state index >= 15 is 0 Å². The van der Waals surface area contributed by atoms with Gasteiger partial charge >= 0.3 is 0 Å². The number of anilines is 2. The molecule has 0 radical (unpaired) electrons. The van der Waals surface area contributed by atoms with E-state index < -0.39 is 0 Å². The lowest BCUT2D eigenvalue weighted by Gasteiger charge is -2.13. The van der Waals surface area contributed by atoms with Crippen LogP contribution >= 0.6 is 15.9 Å². The van der Waals surface area contributed by atoms with Crippen molar-refractivity contribution in [1.29, 1.82) is 0 Å². The summed E-state index contributed by atoms with van der Waals surface area (Å²) in [7, 11) is 1.62. The molecule has 0 heterocycles. The zero-order chi connectivity index (χ0) is 15.4. The maximum atomic E-state index is 12.3. The summed E-state index contributed by atoms with van der Waals surface area (Å²) >= 11 is 3.47. The molecule has 0 bridgehead atoms. The highest BCUT2D eigenvalue weighted by Crippen LogP contribution is 2.26. The largest absolute Gasteiger partial charge is 0.399 e. The van der Waals surface area contributed by atoms with Gasteiger partial charge in [0.15, 0.2) is 0 Å². The normalized spacial score (nSPS) is 10.4. The topological polar surface area (TPSA) is 64.3 Å². The van der Waals surface area contributed by atoms with Crippen LogP contribution in [0.4, 0.5) is 11.4 Å². The number of ether oxygens (including phenoxy) is 1. The Hall–Kier alpha value is -1.85. The number of nitrogens with one attached hydrogen (secondary N) is 1. The third kappa shape index (κ3) is 3.62. The first-order valence-electron chi connectivity index (χ1n) is 6.46. The van der Waals surface area contributed by atoms with Crippen molar-refractivity contribution in [3.05, 3.63) is 57.6 Å². The number of carbonyl (C=O) groups excluding carboxylic acids is 1. The minimum atomic E-state index is -0.173. The molecule has 0 fully saturated rings. The van der Waals surface area contributed by atoms with Crippen molar-refractivity contribution in [1.82, 2.24) is 0 Å². The second-order valence-electron chi connectivity index (χ2n) is 4.72. The van der Waals surface area contributed by atoms with Gasteiger partial charge in [0, 0.05) is 34.1 Å². The fourth-order valence-corrected chi connectivity index (χ4v) is 2.46. The summed E-state index contributed by atoms with van der Waals surface area (Å²) in [6.07, 6.45) is 0. The van der Waals surface area contributed by atoms with Gasteiger partial charge in [0.05, 0.1) is 6.61 Å². The first-order chi connectivity index (χ1) is 10.0. The third-order valence-corrected chi connectivity index (χ3v) is 3.93. The van der Waals surface area contributed by atoms with Gasteiger partial charge in [-0.2, -0.15) is 0 Å². The number of nitrogens with two attached hydrogens (primary N) is 1. The van der Waals surface area contributed by atoms with E-state index in [-0.39, 0.29) is 5.91 Å². The summed E-state index contributed by atoms with van der Waals surface area (Å²) in [6, 6.07) is 10.9. The van der Waals surface area contributed by atoms with E-state index in [2.05, 4.69) is 21.2 Å². The summed E-state index contributed by atoms with van der Waals surface area (Å²) in [5.41, 5.74) is 9.53. The molecule has 0 spiro atoms. The molecule has 3 N–H and O–H groups in total. The fourth-order valence-electron chi connectivity index (χ4n) is 1.98. The Bertz CT molecular complexity index is 671. The molecular formula is C16H17BrN2O2. The summed E-state index contributed by atoms with van der Waals surface area (Å²) in [5, 5.41) is 2.91. The number of nitrogen functional groups attached to an aromatic ring is 1. The van der Waals surface area contributed by atoms with Gasteiger partial charge in [0.1, 0.15) is 0 Å². The quantitative estimate of drug-likeness (QED) is 0.827. The van der Waals surface area contributed by atoms with Crippen molar-refractivity contribution < 1.29 is 9.53 Å². The number of aryl methyl sites for hydroxylation is 1. The van der Waals surface area contributed by atoms with Crippen LogP contribution in [0.1, 0.15) is 21.5 Å². The third-order valence-electron chi connectivity index (χ3n) is 3.19. The SMILES string of the molecule is COCc1c(Br)cccc1NC(=O)c1ccc(N)c(C)c1. The van der Waals surface area contributed by atoms with E-state index in [0.717, 1.165) is 21.3 Å². The molecule has 0 saturated carbocycles. The Morgan fingerprint density at radius 2 is 2.10 bits per heavy atom. The van der Waals surface area contributed by atoms with Crippen LogP contribution in [0.5, 0.6) is 0 Å². The Labute approximate surface area is 132 Å². The fraction of sp³-hybridized carbons (Fsp3) is 0.188. The minimum Gasteiger partial charge on any atom is -0.399 e. The highest BCUT2D eigenvalue weighted by atomic mass is 79.9. The maximum absolute atomic E-state index is 12.3. The van der Waals surface area contributed by atoms with Crippen molar-refractivity contribution in [3.8, 4) is 0 Å². The van der Waals surface area contributed by atoms with E-state index in [0.29, 0.717) is 17.9 Å². The van der Waals surface area contributed by atoms with Gasteiger partial charge in [0.25, 0.3) is 5.91 Å². The zero-order valence-corrected chi connectivity index (χ0v) is 13.5. The number of amides is 1. The smallest absolute Gasteiger partial charge is 0.255 e. The van der Waals surface area contributed by atoms with Crippen molar-refractivity contribution in [2.75, 3.05) is 18.2 Å². The van der Waals surface area contributed by atoms with E-state index in [1.54, 1.807) is 25.3 Å². The average Bonchev–Trinajstić information content (AvgIpc) is 2.45. The van der Waals surface area contributed by atoms with E-state index in [4.69, 9.17) is 10.5 Å². The number of halogens is 1. The standard InChI is InChI=1S/C16H17BrN2O2/c1-10-8-11(6-7-14(10)18)16(20)19-15-5-3-4-13(17)12(15)9-21-2/h3-8H,9,18H2,1-2H3,(H,19,20). The van der Waals surface area contributed by atoms with Gasteiger partial charge in [-0.05, 0) is 42.8 Å². The summed E-state index contributed by atoms with van der Waals surface area (Å²) < 4.78 is 6.07. The maximum Gasteiger partial charge on any atom is 0.255 e. The molecule has 4 nitrogen and oxygen atoms in total. The van der Waals surface area contributed by atoms with Crippen molar-refractivity contribution in [2.45, 2.75) is 13.5 Å². The van der Waals surface area contributed by atoms with E-state index in [9.17, 15) is 4.79 Å². The Morgan fingerprint density at radius 3 is 2.76 bits per heavy atom. The molecule has 0 aliphatic rings. The molecule has 0 saturated heterocycles. The molecule has 2 aromatic rings. The Morgan fingerprint density at radius 1 is 1.33 bits per heavy atom. The molecule has 0 aliphatic heterocycles. The predicted molar refractivity (Wildman–Crippen MR) is 88.4 cm³/mol. The zero-order valence-electron chi connectivity index (χ0n) is 11.9. The van der Waals surface area contributed by atoms with Gasteiger partial charge in [-0.3, -0.25) is 4.79 Å². The molecule has 0 aliphatic carbocycles. The molecular weight excluding hydrogens is 332 g/mol. The number of benzene rings is 2. The van der Waals surface area contributed by atoms with Crippen LogP contribution in [0, 0.1) is 6.92 Å². The molecule has 1 amide bonds. The molecule has 21 heavy (non-hydrogen) atoms. The lowest BCUT2D eigenvalue weighted by molar-refractivity contribution is 0.102. The van der Waals surface area contributed by atoms with Crippen molar-refractivity contribution >= 4 is 33.2 Å². The lowest BCUT2D eigenvalue weighted by Crippen LogP contribution is -2.14. The molecule has 0 unspecified atom stereocenters.